The number of aliphatic hydroxyl groups excluding tert-OH is 1. The van der Waals surface area contributed by atoms with E-state index in [2.05, 4.69) is 11.6 Å². The van der Waals surface area contributed by atoms with Crippen molar-refractivity contribution in [2.45, 2.75) is 19.0 Å². The quantitative estimate of drug-likeness (QED) is 0.255. The number of para-hydroxylation sites is 1. The maximum Gasteiger partial charge on any atom is 0.290 e. The Kier molecular flexibility index (Phi) is 6.40. The first-order valence-electron chi connectivity index (χ1n) is 11.6. The van der Waals surface area contributed by atoms with Crippen LogP contribution < -0.4 is 4.74 Å². The van der Waals surface area contributed by atoms with Gasteiger partial charge in [-0.25, -0.2) is 4.98 Å². The Hall–Kier alpha value is -4.59. The molecule has 0 saturated heterocycles. The number of nitrogens with zero attached hydrogens (tertiary/aromatic N) is 3. The molecule has 1 N–H and O–H groups in total. The first-order chi connectivity index (χ1) is 17.6. The molecule has 0 saturated carbocycles. The standard InChI is InChI=1S/C28H25N3O5/c1-2-16-35-21-10-8-19(9-11-21)25-24(26(32)23-17-20-6-3-4-7-22(20)36-23)27(33)28(34)31(25)14-5-13-30-15-12-29-18-30/h2-4,6-12,15,17-18,25,33H,1,5,13-14,16H2/t25-/m0/s1. The molecular weight excluding hydrogens is 458 g/mol. The van der Waals surface area contributed by atoms with Gasteiger partial charge in [0.1, 0.15) is 17.9 Å². The largest absolute Gasteiger partial charge is 0.503 e. The van der Waals surface area contributed by atoms with E-state index in [-0.39, 0.29) is 11.3 Å². The monoisotopic (exact) mass is 483 g/mol. The van der Waals surface area contributed by atoms with E-state index in [1.54, 1.807) is 55.0 Å². The Morgan fingerprint density at radius 3 is 2.69 bits per heavy atom. The Balaban J connectivity index is 1.48. The van der Waals surface area contributed by atoms with Crippen LogP contribution in [-0.2, 0) is 11.3 Å². The number of imidazole rings is 1. The van der Waals surface area contributed by atoms with Crippen molar-refractivity contribution in [3.8, 4) is 5.75 Å². The van der Waals surface area contributed by atoms with Gasteiger partial charge in [0.25, 0.3) is 5.91 Å². The van der Waals surface area contributed by atoms with E-state index in [0.717, 1.165) is 5.39 Å². The molecule has 1 aliphatic heterocycles. The Labute approximate surface area is 207 Å². The molecule has 0 fully saturated rings. The summed E-state index contributed by atoms with van der Waals surface area (Å²) in [6, 6.07) is 15.3. The van der Waals surface area contributed by atoms with Crippen LogP contribution in [0.25, 0.3) is 11.0 Å². The minimum Gasteiger partial charge on any atom is -0.503 e. The average molecular weight is 484 g/mol. The molecule has 2 aromatic heterocycles. The summed E-state index contributed by atoms with van der Waals surface area (Å²) in [6.07, 6.45) is 7.50. The first-order valence-corrected chi connectivity index (χ1v) is 11.6. The molecule has 0 radical (unpaired) electrons. The fraction of sp³-hybridized carbons (Fsp3) is 0.179. The van der Waals surface area contributed by atoms with Gasteiger partial charge in [-0.3, -0.25) is 9.59 Å². The fourth-order valence-corrected chi connectivity index (χ4v) is 4.43. The van der Waals surface area contributed by atoms with Gasteiger partial charge < -0.3 is 23.7 Å². The summed E-state index contributed by atoms with van der Waals surface area (Å²) in [6.45, 7) is 4.98. The predicted octanol–water partition coefficient (Wildman–Crippen LogP) is 4.86. The maximum atomic E-state index is 13.6. The predicted molar refractivity (Wildman–Crippen MR) is 134 cm³/mol. The molecule has 8 heteroatoms. The van der Waals surface area contributed by atoms with Crippen LogP contribution in [0, 0.1) is 0 Å². The van der Waals surface area contributed by atoms with Crippen LogP contribution in [-0.4, -0.2) is 44.4 Å². The summed E-state index contributed by atoms with van der Waals surface area (Å²) in [5.41, 5.74) is 1.24. The van der Waals surface area contributed by atoms with Crippen LogP contribution in [0.3, 0.4) is 0 Å². The number of benzene rings is 2. The number of amides is 1. The number of carbonyl (C=O) groups excluding carboxylic acids is 2. The van der Waals surface area contributed by atoms with Crippen LogP contribution in [0.4, 0.5) is 0 Å². The van der Waals surface area contributed by atoms with Gasteiger partial charge in [0.2, 0.25) is 5.78 Å². The lowest BCUT2D eigenvalue weighted by Gasteiger charge is -2.27. The van der Waals surface area contributed by atoms with E-state index < -0.39 is 23.5 Å². The van der Waals surface area contributed by atoms with Crippen LogP contribution in [0.15, 0.2) is 102 Å². The zero-order valence-corrected chi connectivity index (χ0v) is 19.5. The normalized spacial score (nSPS) is 15.6. The number of hydrogen-bond acceptors (Lipinski definition) is 6. The molecule has 1 amide bonds. The summed E-state index contributed by atoms with van der Waals surface area (Å²) in [5, 5.41) is 11.7. The molecule has 8 nitrogen and oxygen atoms in total. The number of aryl methyl sites for hydroxylation is 1. The molecule has 0 unspecified atom stereocenters. The van der Waals surface area contributed by atoms with Crippen LogP contribution >= 0.6 is 0 Å². The highest BCUT2D eigenvalue weighted by Gasteiger charge is 2.44. The summed E-state index contributed by atoms with van der Waals surface area (Å²) in [7, 11) is 0. The summed E-state index contributed by atoms with van der Waals surface area (Å²) in [5.74, 6) is -0.960. The van der Waals surface area contributed by atoms with E-state index in [9.17, 15) is 14.7 Å². The number of hydrogen-bond donors (Lipinski definition) is 1. The van der Waals surface area contributed by atoms with Crippen molar-refractivity contribution in [3.05, 3.63) is 109 Å². The molecule has 182 valence electrons. The summed E-state index contributed by atoms with van der Waals surface area (Å²) in [4.78, 5) is 32.4. The summed E-state index contributed by atoms with van der Waals surface area (Å²) >= 11 is 0. The molecule has 4 aromatic rings. The highest BCUT2D eigenvalue weighted by atomic mass is 16.5. The molecule has 2 aromatic carbocycles. The van der Waals surface area contributed by atoms with Gasteiger partial charge in [-0.05, 0) is 36.2 Å². The minimum absolute atomic E-state index is 0.00134. The Bertz CT molecular complexity index is 1400. The number of ketones is 1. The topological polar surface area (TPSA) is 97.8 Å². The molecule has 0 aliphatic carbocycles. The number of aliphatic hydroxyl groups is 1. The molecule has 36 heavy (non-hydrogen) atoms. The first kappa shape index (κ1) is 23.2. The zero-order valence-electron chi connectivity index (χ0n) is 19.5. The molecule has 1 atom stereocenters. The second-order valence-electron chi connectivity index (χ2n) is 8.46. The summed E-state index contributed by atoms with van der Waals surface area (Å²) < 4.78 is 13.3. The van der Waals surface area contributed by atoms with Gasteiger partial charge in [-0.15, -0.1) is 0 Å². The molecule has 0 bridgehead atoms. The van der Waals surface area contributed by atoms with Crippen molar-refractivity contribution in [3.63, 3.8) is 0 Å². The lowest BCUT2D eigenvalue weighted by Crippen LogP contribution is -2.32. The number of furan rings is 1. The van der Waals surface area contributed by atoms with Gasteiger partial charge in [0.15, 0.2) is 11.5 Å². The SMILES string of the molecule is C=CCOc1ccc([C@H]2C(C(=O)c3cc4ccccc4o3)=C(O)C(=O)N2CCCn2ccnc2)cc1. The molecular formula is C28H25N3O5. The van der Waals surface area contributed by atoms with E-state index in [4.69, 9.17) is 9.15 Å². The highest BCUT2D eigenvalue weighted by molar-refractivity contribution is 6.16. The number of ether oxygens (including phenoxy) is 1. The van der Waals surface area contributed by atoms with Crippen molar-refractivity contribution in [1.82, 2.24) is 14.5 Å². The lowest BCUT2D eigenvalue weighted by molar-refractivity contribution is -0.129. The van der Waals surface area contributed by atoms with Crippen molar-refractivity contribution in [1.29, 1.82) is 0 Å². The van der Waals surface area contributed by atoms with Crippen molar-refractivity contribution in [2.24, 2.45) is 0 Å². The van der Waals surface area contributed by atoms with Gasteiger partial charge in [-0.2, -0.15) is 0 Å². The van der Waals surface area contributed by atoms with Gasteiger partial charge in [-0.1, -0.05) is 43.0 Å². The number of fused-ring (bicyclic) bond motifs is 1. The third-order valence-electron chi connectivity index (χ3n) is 6.14. The van der Waals surface area contributed by atoms with Gasteiger partial charge >= 0.3 is 0 Å². The Morgan fingerprint density at radius 2 is 1.97 bits per heavy atom. The number of Topliss-reactive ketones (excluding diaryl/α,β-unsaturated/α-hetero) is 1. The molecule has 0 spiro atoms. The van der Waals surface area contributed by atoms with Gasteiger partial charge in [0.05, 0.1) is 17.9 Å². The van der Waals surface area contributed by atoms with Crippen molar-refractivity contribution < 1.29 is 23.8 Å². The van der Waals surface area contributed by atoms with Crippen LogP contribution in [0.5, 0.6) is 5.75 Å². The minimum atomic E-state index is -0.769. The van der Waals surface area contributed by atoms with Crippen LogP contribution in [0.2, 0.25) is 0 Å². The number of rotatable bonds is 10. The number of carbonyl (C=O) groups is 2. The molecule has 5 rings (SSSR count). The second kappa shape index (κ2) is 9.95. The third kappa shape index (κ3) is 4.40. The molecule has 3 heterocycles. The Morgan fingerprint density at radius 1 is 1.17 bits per heavy atom. The van der Waals surface area contributed by atoms with E-state index in [0.29, 0.717) is 43.0 Å². The second-order valence-corrected chi connectivity index (χ2v) is 8.46. The third-order valence-corrected chi connectivity index (χ3v) is 6.14. The van der Waals surface area contributed by atoms with Crippen LogP contribution in [0.1, 0.15) is 28.6 Å². The van der Waals surface area contributed by atoms with Crippen molar-refractivity contribution >= 4 is 22.7 Å². The fourth-order valence-electron chi connectivity index (χ4n) is 4.43. The molecule has 1 aliphatic rings. The van der Waals surface area contributed by atoms with Crippen molar-refractivity contribution in [2.75, 3.05) is 13.2 Å². The zero-order chi connectivity index (χ0) is 25.1. The highest BCUT2D eigenvalue weighted by Crippen LogP contribution is 2.40. The average Bonchev–Trinajstić information content (AvgIpc) is 3.63. The van der Waals surface area contributed by atoms with E-state index in [1.165, 1.54) is 4.90 Å². The maximum absolute atomic E-state index is 13.6. The lowest BCUT2D eigenvalue weighted by atomic mass is 9.95. The van der Waals surface area contributed by atoms with E-state index in [1.807, 2.05) is 29.0 Å². The smallest absolute Gasteiger partial charge is 0.290 e. The van der Waals surface area contributed by atoms with Gasteiger partial charge in [0, 0.05) is 30.9 Å². The van der Waals surface area contributed by atoms with E-state index >= 15 is 0 Å². The number of aromatic nitrogens is 2.